The first kappa shape index (κ1) is 15.1. The minimum Gasteiger partial charge on any atom is -0.325 e. The Kier molecular flexibility index (Phi) is 4.32. The normalized spacial score (nSPS) is 11.1. The minimum atomic E-state index is -4.93. The van der Waals surface area contributed by atoms with Crippen molar-refractivity contribution in [3.05, 3.63) is 59.9 Å². The Balaban J connectivity index is 2.17. The van der Waals surface area contributed by atoms with E-state index in [1.54, 1.807) is 6.07 Å². The van der Waals surface area contributed by atoms with Crippen molar-refractivity contribution in [1.29, 1.82) is 0 Å². The highest BCUT2D eigenvalue weighted by Gasteiger charge is 2.18. The molecule has 0 aliphatic heterocycles. The lowest BCUT2D eigenvalue weighted by Gasteiger charge is -2.08. The maximum atomic E-state index is 13.1. The van der Waals surface area contributed by atoms with Crippen LogP contribution in [0.5, 0.6) is 0 Å². The minimum absolute atomic E-state index is 0.151. The summed E-state index contributed by atoms with van der Waals surface area (Å²) in [6.45, 7) is 0. The number of benzene rings is 2. The van der Waals surface area contributed by atoms with E-state index in [0.29, 0.717) is 5.56 Å². The lowest BCUT2D eigenvalue weighted by atomic mass is 10.1. The quantitative estimate of drug-likeness (QED) is 0.883. The zero-order valence-corrected chi connectivity index (χ0v) is 11.5. The van der Waals surface area contributed by atoms with Crippen molar-refractivity contribution in [2.75, 3.05) is 5.32 Å². The Bertz CT molecular complexity index is 775. The van der Waals surface area contributed by atoms with Crippen LogP contribution >= 0.6 is 0 Å². The van der Waals surface area contributed by atoms with Crippen LogP contribution in [0.1, 0.15) is 5.56 Å². The number of hydrogen-bond acceptors (Lipinski definition) is 3. The van der Waals surface area contributed by atoms with Gasteiger partial charge in [0.15, 0.2) is 0 Å². The summed E-state index contributed by atoms with van der Waals surface area (Å²) in [5, 5.41) is 2.30. The molecule has 4 nitrogen and oxygen atoms in total. The monoisotopic (exact) mass is 311 g/mol. The van der Waals surface area contributed by atoms with Gasteiger partial charge in [-0.25, -0.2) is 4.39 Å². The Hall–Kier alpha value is -2.28. The maximum Gasteiger partial charge on any atom is 0.334 e. The maximum absolute atomic E-state index is 13.1. The number of hydrogen-bond donors (Lipinski definition) is 1. The van der Waals surface area contributed by atoms with Crippen molar-refractivity contribution in [2.24, 2.45) is 0 Å². The van der Waals surface area contributed by atoms with Crippen LogP contribution < -0.4 is 5.32 Å². The SMILES string of the molecule is O=C(Cc1cccc(F)c1)Nc1ccccc1S(=O)(=O)F. The molecular formula is C14H11F2NO3S. The molecule has 2 aromatic rings. The molecule has 0 bridgehead atoms. The van der Waals surface area contributed by atoms with E-state index in [1.165, 1.54) is 36.4 Å². The summed E-state index contributed by atoms with van der Waals surface area (Å²) in [4.78, 5) is 11.2. The molecule has 0 atom stereocenters. The van der Waals surface area contributed by atoms with E-state index in [4.69, 9.17) is 0 Å². The summed E-state index contributed by atoms with van der Waals surface area (Å²) < 4.78 is 48.0. The number of rotatable bonds is 4. The lowest BCUT2D eigenvalue weighted by molar-refractivity contribution is -0.115. The molecule has 0 aromatic heterocycles. The van der Waals surface area contributed by atoms with Crippen LogP contribution in [-0.2, 0) is 21.4 Å². The summed E-state index contributed by atoms with van der Waals surface area (Å²) in [6.07, 6.45) is -0.154. The standard InChI is InChI=1S/C14H11F2NO3S/c15-11-5-3-4-10(8-11)9-14(18)17-12-6-1-2-7-13(12)21(16,19)20/h1-8H,9H2,(H,17,18). The van der Waals surface area contributed by atoms with E-state index in [0.717, 1.165) is 6.07 Å². The smallest absolute Gasteiger partial charge is 0.325 e. The second kappa shape index (κ2) is 6.01. The van der Waals surface area contributed by atoms with E-state index in [2.05, 4.69) is 5.32 Å². The largest absolute Gasteiger partial charge is 0.334 e. The number of carbonyl (C=O) groups excluding carboxylic acids is 1. The molecule has 2 rings (SSSR count). The van der Waals surface area contributed by atoms with Gasteiger partial charge in [-0.05, 0) is 29.8 Å². The average Bonchev–Trinajstić information content (AvgIpc) is 2.37. The molecule has 0 spiro atoms. The van der Waals surface area contributed by atoms with E-state index >= 15 is 0 Å². The van der Waals surface area contributed by atoms with Crippen LogP contribution in [0.15, 0.2) is 53.4 Å². The van der Waals surface area contributed by atoms with Crippen LogP contribution in [0, 0.1) is 5.82 Å². The molecule has 0 unspecified atom stereocenters. The van der Waals surface area contributed by atoms with Crippen LogP contribution in [0.2, 0.25) is 0 Å². The van der Waals surface area contributed by atoms with Crippen molar-refractivity contribution < 1.29 is 21.5 Å². The predicted octanol–water partition coefficient (Wildman–Crippen LogP) is 2.67. The number of para-hydroxylation sites is 1. The van der Waals surface area contributed by atoms with Gasteiger partial charge in [0.25, 0.3) is 0 Å². The van der Waals surface area contributed by atoms with Gasteiger partial charge in [-0.2, -0.15) is 8.42 Å². The van der Waals surface area contributed by atoms with Gasteiger partial charge < -0.3 is 5.32 Å². The number of amides is 1. The topological polar surface area (TPSA) is 63.2 Å². The molecule has 0 saturated carbocycles. The molecule has 0 fully saturated rings. The number of carbonyl (C=O) groups is 1. The lowest BCUT2D eigenvalue weighted by Crippen LogP contribution is -2.16. The van der Waals surface area contributed by atoms with Gasteiger partial charge in [0.05, 0.1) is 12.1 Å². The van der Waals surface area contributed by atoms with E-state index in [1.807, 2.05) is 0 Å². The predicted molar refractivity (Wildman–Crippen MR) is 73.5 cm³/mol. The van der Waals surface area contributed by atoms with Gasteiger partial charge >= 0.3 is 10.2 Å². The van der Waals surface area contributed by atoms with Crippen molar-refractivity contribution >= 4 is 21.8 Å². The number of anilines is 1. The Morgan fingerprint density at radius 3 is 2.48 bits per heavy atom. The third-order valence-corrected chi connectivity index (χ3v) is 3.56. The Labute approximate surface area is 120 Å². The Morgan fingerprint density at radius 2 is 1.81 bits per heavy atom. The zero-order chi connectivity index (χ0) is 15.5. The molecular weight excluding hydrogens is 300 g/mol. The van der Waals surface area contributed by atoms with Crippen molar-refractivity contribution in [2.45, 2.75) is 11.3 Å². The van der Waals surface area contributed by atoms with Gasteiger partial charge in [-0.15, -0.1) is 3.89 Å². The fourth-order valence-corrected chi connectivity index (χ4v) is 2.43. The second-order valence-electron chi connectivity index (χ2n) is 4.29. The van der Waals surface area contributed by atoms with Gasteiger partial charge in [-0.1, -0.05) is 24.3 Å². The molecule has 2 aromatic carbocycles. The first-order valence-corrected chi connectivity index (χ1v) is 7.32. The van der Waals surface area contributed by atoms with Crippen molar-refractivity contribution in [1.82, 2.24) is 0 Å². The summed E-state index contributed by atoms with van der Waals surface area (Å²) in [6, 6.07) is 10.6. The van der Waals surface area contributed by atoms with Crippen LogP contribution in [0.3, 0.4) is 0 Å². The first-order chi connectivity index (χ1) is 9.86. The molecule has 110 valence electrons. The van der Waals surface area contributed by atoms with Gasteiger partial charge in [0.2, 0.25) is 5.91 Å². The van der Waals surface area contributed by atoms with Gasteiger partial charge in [-0.3, -0.25) is 4.79 Å². The van der Waals surface area contributed by atoms with Crippen LogP contribution in [0.4, 0.5) is 14.0 Å². The van der Waals surface area contributed by atoms with Crippen molar-refractivity contribution in [3.8, 4) is 0 Å². The van der Waals surface area contributed by atoms with Gasteiger partial charge in [0, 0.05) is 0 Å². The van der Waals surface area contributed by atoms with E-state index in [-0.39, 0.29) is 12.1 Å². The van der Waals surface area contributed by atoms with Crippen LogP contribution in [-0.4, -0.2) is 14.3 Å². The molecule has 0 saturated heterocycles. The van der Waals surface area contributed by atoms with Crippen molar-refractivity contribution in [3.63, 3.8) is 0 Å². The summed E-state index contributed by atoms with van der Waals surface area (Å²) >= 11 is 0. The molecule has 1 amide bonds. The first-order valence-electron chi connectivity index (χ1n) is 5.94. The van der Waals surface area contributed by atoms with E-state index < -0.39 is 26.8 Å². The summed E-state index contributed by atoms with van der Waals surface area (Å²) in [5.41, 5.74) is 0.273. The number of nitrogens with one attached hydrogen (secondary N) is 1. The highest BCUT2D eigenvalue weighted by molar-refractivity contribution is 7.86. The fourth-order valence-electron chi connectivity index (χ4n) is 1.81. The van der Waals surface area contributed by atoms with Gasteiger partial charge in [0.1, 0.15) is 10.7 Å². The average molecular weight is 311 g/mol. The molecule has 0 radical (unpaired) electrons. The zero-order valence-electron chi connectivity index (χ0n) is 10.7. The molecule has 0 aliphatic carbocycles. The van der Waals surface area contributed by atoms with Crippen LogP contribution in [0.25, 0.3) is 0 Å². The number of halogens is 2. The molecule has 21 heavy (non-hydrogen) atoms. The fraction of sp³-hybridized carbons (Fsp3) is 0.0714. The molecule has 0 heterocycles. The van der Waals surface area contributed by atoms with E-state index in [9.17, 15) is 21.5 Å². The summed E-state index contributed by atoms with van der Waals surface area (Å²) in [7, 11) is -4.93. The third-order valence-electron chi connectivity index (χ3n) is 2.68. The molecule has 0 aliphatic rings. The molecule has 1 N–H and O–H groups in total. The molecule has 7 heteroatoms. The highest BCUT2D eigenvalue weighted by Crippen LogP contribution is 2.22. The second-order valence-corrected chi connectivity index (χ2v) is 5.60. The summed E-state index contributed by atoms with van der Waals surface area (Å²) in [5.74, 6) is -1.05. The highest BCUT2D eigenvalue weighted by atomic mass is 32.3. The Morgan fingerprint density at radius 1 is 1.10 bits per heavy atom. The third kappa shape index (κ3) is 4.09.